The van der Waals surface area contributed by atoms with Crippen molar-refractivity contribution in [3.05, 3.63) is 108 Å². The molecule has 1 heterocycles. The molecule has 0 aliphatic heterocycles. The predicted octanol–water partition coefficient (Wildman–Crippen LogP) is 7.39. The summed E-state index contributed by atoms with van der Waals surface area (Å²) in [7, 11) is 0. The molecule has 0 bridgehead atoms. The minimum Gasteiger partial charge on any atom is -0.493 e. The smallest absolute Gasteiger partial charge is 0.344 e. The number of hydrogen-bond donors (Lipinski definition) is 0. The zero-order valence-electron chi connectivity index (χ0n) is 23.6. The van der Waals surface area contributed by atoms with Gasteiger partial charge in [-0.3, -0.25) is 4.79 Å². The van der Waals surface area contributed by atoms with Gasteiger partial charge in [0.1, 0.15) is 11.5 Å². The van der Waals surface area contributed by atoms with Crippen LogP contribution in [0.15, 0.2) is 91.1 Å². The maximum absolute atomic E-state index is 13.0. The molecule has 41 heavy (non-hydrogen) atoms. The second kappa shape index (κ2) is 13.2. The highest BCUT2D eigenvalue weighted by Gasteiger charge is 2.13. The lowest BCUT2D eigenvalue weighted by atomic mass is 9.95. The summed E-state index contributed by atoms with van der Waals surface area (Å²) in [6, 6.07) is 27.3. The monoisotopic (exact) mass is 549 g/mol. The molecule has 0 aliphatic carbocycles. The number of rotatable bonds is 13. The Morgan fingerprint density at radius 1 is 0.805 bits per heavy atom. The van der Waals surface area contributed by atoms with Crippen LogP contribution in [0, 0.1) is 0 Å². The molecule has 6 heteroatoms. The first-order chi connectivity index (χ1) is 20.1. The quantitative estimate of drug-likeness (QED) is 0.0870. The number of carbonyl (C=O) groups is 2. The average molecular weight is 550 g/mol. The molecule has 4 aromatic carbocycles. The largest absolute Gasteiger partial charge is 0.493 e. The molecule has 0 saturated heterocycles. The molecular formula is C35H35NO5. The number of ketones is 1. The van der Waals surface area contributed by atoms with Gasteiger partial charge >= 0.3 is 5.97 Å². The predicted molar refractivity (Wildman–Crippen MR) is 162 cm³/mol. The molecule has 0 radical (unpaired) electrons. The van der Waals surface area contributed by atoms with Gasteiger partial charge in [0.05, 0.1) is 13.2 Å². The number of nitrogens with zero attached hydrogens (tertiary/aromatic N) is 1. The number of fused-ring (bicyclic) bond motifs is 2. The maximum Gasteiger partial charge on any atom is 0.344 e. The summed E-state index contributed by atoms with van der Waals surface area (Å²) in [4.78, 5) is 24.5. The Morgan fingerprint density at radius 3 is 2.46 bits per heavy atom. The minimum atomic E-state index is -0.374. The van der Waals surface area contributed by atoms with E-state index in [2.05, 4.69) is 23.8 Å². The van der Waals surface area contributed by atoms with Crippen LogP contribution in [-0.4, -0.2) is 36.1 Å². The Hall–Kier alpha value is -4.58. The van der Waals surface area contributed by atoms with Crippen molar-refractivity contribution in [1.82, 2.24) is 4.57 Å². The van der Waals surface area contributed by atoms with Gasteiger partial charge in [0.2, 0.25) is 0 Å². The van der Waals surface area contributed by atoms with Crippen molar-refractivity contribution in [2.24, 2.45) is 0 Å². The SMILES string of the molecule is CCCc1c(OCCCn2ccc3cc(OCC(=O)OCC)ccc32)ccc2cc(C(=O)c3ccccc3)ccc12. The van der Waals surface area contributed by atoms with Crippen LogP contribution < -0.4 is 9.47 Å². The fourth-order valence-electron chi connectivity index (χ4n) is 5.14. The Morgan fingerprint density at radius 2 is 1.66 bits per heavy atom. The van der Waals surface area contributed by atoms with E-state index in [0.29, 0.717) is 30.1 Å². The number of benzene rings is 4. The number of ether oxygens (including phenoxy) is 3. The zero-order valence-corrected chi connectivity index (χ0v) is 23.6. The van der Waals surface area contributed by atoms with Gasteiger partial charge in [0.25, 0.3) is 0 Å². The first kappa shape index (κ1) is 28.0. The van der Waals surface area contributed by atoms with Crippen LogP contribution in [0.25, 0.3) is 21.7 Å². The molecule has 0 unspecified atom stereocenters. The van der Waals surface area contributed by atoms with Gasteiger partial charge in [-0.1, -0.05) is 61.9 Å². The summed E-state index contributed by atoms with van der Waals surface area (Å²) in [5.41, 5.74) is 3.67. The van der Waals surface area contributed by atoms with Gasteiger partial charge in [0.15, 0.2) is 12.4 Å². The van der Waals surface area contributed by atoms with E-state index in [1.165, 1.54) is 5.56 Å². The summed E-state index contributed by atoms with van der Waals surface area (Å²) in [6.07, 6.45) is 4.81. The number of esters is 1. The van der Waals surface area contributed by atoms with Crippen LogP contribution in [0.1, 0.15) is 48.2 Å². The molecule has 5 aromatic rings. The fourth-order valence-corrected chi connectivity index (χ4v) is 5.14. The molecule has 0 aliphatic rings. The molecule has 6 nitrogen and oxygen atoms in total. The van der Waals surface area contributed by atoms with E-state index >= 15 is 0 Å². The van der Waals surface area contributed by atoms with Crippen LogP contribution in [-0.2, 0) is 22.5 Å². The fraction of sp³-hybridized carbons (Fsp3) is 0.257. The molecule has 0 atom stereocenters. The molecule has 0 fully saturated rings. The standard InChI is InChI=1S/C35H35NO5/c1-3-9-31-30-15-12-28(35(38)25-10-6-5-7-11-25)22-26(30)13-17-33(31)40-21-8-19-36-20-18-27-23-29(14-16-32(27)36)41-24-34(37)39-4-2/h5-7,10-18,20,22-23H,3-4,8-9,19,21,24H2,1-2H3. The van der Waals surface area contributed by atoms with E-state index in [4.69, 9.17) is 14.2 Å². The van der Waals surface area contributed by atoms with E-state index in [9.17, 15) is 9.59 Å². The summed E-state index contributed by atoms with van der Waals surface area (Å²) in [5.74, 6) is 1.20. The third-order valence-corrected chi connectivity index (χ3v) is 7.09. The lowest BCUT2D eigenvalue weighted by Crippen LogP contribution is -2.14. The van der Waals surface area contributed by atoms with E-state index in [1.807, 2.05) is 78.9 Å². The lowest BCUT2D eigenvalue weighted by molar-refractivity contribution is -0.145. The number of hydrogen-bond acceptors (Lipinski definition) is 5. The summed E-state index contributed by atoms with van der Waals surface area (Å²) < 4.78 is 19.0. The number of carbonyl (C=O) groups excluding carboxylic acids is 2. The van der Waals surface area contributed by atoms with Crippen LogP contribution in [0.3, 0.4) is 0 Å². The maximum atomic E-state index is 13.0. The lowest BCUT2D eigenvalue weighted by Gasteiger charge is -2.15. The first-order valence-corrected chi connectivity index (χ1v) is 14.2. The molecule has 5 rings (SSSR count). The Balaban J connectivity index is 1.23. The van der Waals surface area contributed by atoms with E-state index in [0.717, 1.165) is 53.2 Å². The van der Waals surface area contributed by atoms with Crippen LogP contribution in [0.4, 0.5) is 0 Å². The van der Waals surface area contributed by atoms with Crippen molar-refractivity contribution in [1.29, 1.82) is 0 Å². The van der Waals surface area contributed by atoms with Gasteiger partial charge in [-0.2, -0.15) is 0 Å². The van der Waals surface area contributed by atoms with Gasteiger partial charge in [-0.25, -0.2) is 4.79 Å². The summed E-state index contributed by atoms with van der Waals surface area (Å²) in [5, 5.41) is 3.23. The Kier molecular flexibility index (Phi) is 8.99. The molecular weight excluding hydrogens is 514 g/mol. The Bertz CT molecular complexity index is 1650. The zero-order chi connectivity index (χ0) is 28.6. The third kappa shape index (κ3) is 6.60. The van der Waals surface area contributed by atoms with Crippen molar-refractivity contribution in [2.75, 3.05) is 19.8 Å². The second-order valence-corrected chi connectivity index (χ2v) is 9.95. The normalized spacial score (nSPS) is 11.1. The molecule has 0 amide bonds. The summed E-state index contributed by atoms with van der Waals surface area (Å²) in [6.45, 7) is 5.59. The Labute approximate surface area is 240 Å². The molecule has 0 N–H and O–H groups in total. The molecule has 0 spiro atoms. The minimum absolute atomic E-state index is 0.0304. The van der Waals surface area contributed by atoms with E-state index in [-0.39, 0.29) is 18.4 Å². The number of aryl methyl sites for hydroxylation is 2. The van der Waals surface area contributed by atoms with Crippen LogP contribution in [0.2, 0.25) is 0 Å². The van der Waals surface area contributed by atoms with Gasteiger partial charge in [-0.05, 0) is 66.9 Å². The summed E-state index contributed by atoms with van der Waals surface area (Å²) >= 11 is 0. The average Bonchev–Trinajstić information content (AvgIpc) is 3.41. The highest BCUT2D eigenvalue weighted by molar-refractivity contribution is 6.10. The second-order valence-electron chi connectivity index (χ2n) is 9.95. The van der Waals surface area contributed by atoms with Gasteiger partial charge in [0, 0.05) is 40.3 Å². The molecule has 210 valence electrons. The van der Waals surface area contributed by atoms with Crippen molar-refractivity contribution in [3.8, 4) is 11.5 Å². The highest BCUT2D eigenvalue weighted by Crippen LogP contribution is 2.31. The third-order valence-electron chi connectivity index (χ3n) is 7.09. The van der Waals surface area contributed by atoms with Gasteiger partial charge in [-0.15, -0.1) is 0 Å². The van der Waals surface area contributed by atoms with Crippen molar-refractivity contribution in [3.63, 3.8) is 0 Å². The first-order valence-electron chi connectivity index (χ1n) is 14.2. The van der Waals surface area contributed by atoms with Crippen molar-refractivity contribution in [2.45, 2.75) is 39.7 Å². The van der Waals surface area contributed by atoms with E-state index < -0.39 is 0 Å². The van der Waals surface area contributed by atoms with E-state index in [1.54, 1.807) is 6.92 Å². The van der Waals surface area contributed by atoms with Crippen LogP contribution in [0.5, 0.6) is 11.5 Å². The molecule has 1 aromatic heterocycles. The van der Waals surface area contributed by atoms with Crippen molar-refractivity contribution >= 4 is 33.4 Å². The number of aromatic nitrogens is 1. The molecule has 0 saturated carbocycles. The topological polar surface area (TPSA) is 66.8 Å². The van der Waals surface area contributed by atoms with Crippen molar-refractivity contribution < 1.29 is 23.8 Å². The highest BCUT2D eigenvalue weighted by atomic mass is 16.6. The van der Waals surface area contributed by atoms with Gasteiger partial charge < -0.3 is 18.8 Å². The van der Waals surface area contributed by atoms with Crippen LogP contribution >= 0.6 is 0 Å².